The molecule has 0 saturated carbocycles. The number of hydrogen-bond acceptors (Lipinski definition) is 0. The van der Waals surface area contributed by atoms with Gasteiger partial charge in [-0.05, 0) is 110 Å². The van der Waals surface area contributed by atoms with Crippen molar-refractivity contribution >= 4 is 0 Å². The summed E-state index contributed by atoms with van der Waals surface area (Å²) in [6.07, 6.45) is 10.3. The molecule has 0 amide bonds. The normalized spacial score (nSPS) is 15.8. The molecule has 5 rings (SSSR count). The lowest BCUT2D eigenvalue weighted by atomic mass is 9.73. The van der Waals surface area contributed by atoms with Crippen molar-refractivity contribution in [2.45, 2.75) is 65.2 Å². The first kappa shape index (κ1) is 17.7. The van der Waals surface area contributed by atoms with Crippen molar-refractivity contribution in [3.8, 4) is 22.3 Å². The predicted octanol–water partition coefficient (Wildman–Crippen LogP) is 7.40. The summed E-state index contributed by atoms with van der Waals surface area (Å²) in [7, 11) is 0. The van der Waals surface area contributed by atoms with Gasteiger partial charge < -0.3 is 0 Å². The van der Waals surface area contributed by atoms with Crippen LogP contribution in [0.25, 0.3) is 22.3 Å². The van der Waals surface area contributed by atoms with E-state index in [0.29, 0.717) is 0 Å². The molecule has 2 aliphatic rings. The molecule has 3 aromatic carbocycles. The fourth-order valence-electron chi connectivity index (χ4n) is 5.42. The number of benzene rings is 3. The van der Waals surface area contributed by atoms with Crippen LogP contribution in [0.3, 0.4) is 0 Å². The van der Waals surface area contributed by atoms with Gasteiger partial charge in [0.2, 0.25) is 0 Å². The Kier molecular flexibility index (Phi) is 4.59. The van der Waals surface area contributed by atoms with Crippen LogP contribution in [0.15, 0.2) is 48.5 Å². The Hall–Kier alpha value is -2.34. The molecule has 142 valence electrons. The van der Waals surface area contributed by atoms with Crippen LogP contribution in [-0.4, -0.2) is 0 Å². The molecule has 0 aliphatic heterocycles. The molecule has 0 heterocycles. The first-order valence-corrected chi connectivity index (χ1v) is 11.1. The Morgan fingerprint density at radius 1 is 0.429 bits per heavy atom. The van der Waals surface area contributed by atoms with Crippen LogP contribution >= 0.6 is 0 Å². The summed E-state index contributed by atoms with van der Waals surface area (Å²) in [5.74, 6) is 0. The van der Waals surface area contributed by atoms with Gasteiger partial charge in [0.1, 0.15) is 0 Å². The van der Waals surface area contributed by atoms with Crippen molar-refractivity contribution in [2.24, 2.45) is 0 Å². The molecule has 0 atom stereocenters. The first-order valence-electron chi connectivity index (χ1n) is 11.1. The van der Waals surface area contributed by atoms with E-state index in [1.807, 2.05) is 0 Å². The summed E-state index contributed by atoms with van der Waals surface area (Å²) < 4.78 is 0. The summed E-state index contributed by atoms with van der Waals surface area (Å²) in [6, 6.07) is 18.6. The van der Waals surface area contributed by atoms with Crippen LogP contribution in [0.5, 0.6) is 0 Å². The molecule has 0 unspecified atom stereocenters. The number of hydrogen-bond donors (Lipinski definition) is 0. The maximum atomic E-state index is 2.36. The quantitative estimate of drug-likeness (QED) is 0.443. The zero-order chi connectivity index (χ0) is 19.1. The van der Waals surface area contributed by atoms with E-state index >= 15 is 0 Å². The second-order valence-electron chi connectivity index (χ2n) is 8.81. The Balaban J connectivity index is 1.82. The molecule has 0 fully saturated rings. The van der Waals surface area contributed by atoms with E-state index in [9.17, 15) is 0 Å². The lowest BCUT2D eigenvalue weighted by Gasteiger charge is -2.32. The van der Waals surface area contributed by atoms with Gasteiger partial charge in [0, 0.05) is 0 Å². The van der Waals surface area contributed by atoms with Crippen LogP contribution < -0.4 is 0 Å². The largest absolute Gasteiger partial charge is 0.0587 e. The third-order valence-electron chi connectivity index (χ3n) is 6.82. The minimum Gasteiger partial charge on any atom is -0.0587 e. The molecule has 0 bridgehead atoms. The zero-order valence-electron chi connectivity index (χ0n) is 17.3. The smallest absolute Gasteiger partial charge is 0.0114 e. The van der Waals surface area contributed by atoms with Gasteiger partial charge in [0.05, 0.1) is 0 Å². The summed E-state index contributed by atoms with van der Waals surface area (Å²) >= 11 is 0. The van der Waals surface area contributed by atoms with Crippen molar-refractivity contribution < 1.29 is 0 Å². The Morgan fingerprint density at radius 3 is 1.00 bits per heavy atom. The molecule has 0 spiro atoms. The van der Waals surface area contributed by atoms with Gasteiger partial charge in [-0.3, -0.25) is 0 Å². The average molecular weight is 367 g/mol. The molecule has 0 aromatic heterocycles. The van der Waals surface area contributed by atoms with E-state index in [0.717, 1.165) is 0 Å². The summed E-state index contributed by atoms with van der Waals surface area (Å²) in [5.41, 5.74) is 15.4. The second kappa shape index (κ2) is 7.24. The first-order chi connectivity index (χ1) is 13.7. The Morgan fingerprint density at radius 2 is 0.714 bits per heavy atom. The molecule has 0 saturated heterocycles. The van der Waals surface area contributed by atoms with Gasteiger partial charge in [-0.1, -0.05) is 59.7 Å². The average Bonchev–Trinajstić information content (AvgIpc) is 2.74. The molecular formula is C28H30. The molecular weight excluding hydrogens is 336 g/mol. The van der Waals surface area contributed by atoms with Crippen molar-refractivity contribution in [1.82, 2.24) is 0 Å². The Bertz CT molecular complexity index is 882. The highest BCUT2D eigenvalue weighted by atomic mass is 14.3. The number of rotatable bonds is 2. The fraction of sp³-hybridized carbons (Fsp3) is 0.357. The van der Waals surface area contributed by atoms with Gasteiger partial charge in [0.25, 0.3) is 0 Å². The van der Waals surface area contributed by atoms with E-state index in [1.165, 1.54) is 73.6 Å². The van der Waals surface area contributed by atoms with Gasteiger partial charge >= 0.3 is 0 Å². The fourth-order valence-corrected chi connectivity index (χ4v) is 5.42. The van der Waals surface area contributed by atoms with Gasteiger partial charge in [0.15, 0.2) is 0 Å². The highest BCUT2D eigenvalue weighted by molar-refractivity contribution is 5.84. The van der Waals surface area contributed by atoms with E-state index in [4.69, 9.17) is 0 Å². The van der Waals surface area contributed by atoms with Crippen LogP contribution in [0.1, 0.15) is 59.1 Å². The van der Waals surface area contributed by atoms with Crippen LogP contribution in [0.4, 0.5) is 0 Å². The van der Waals surface area contributed by atoms with Gasteiger partial charge in [-0.25, -0.2) is 0 Å². The highest BCUT2D eigenvalue weighted by Crippen LogP contribution is 2.45. The topological polar surface area (TPSA) is 0 Å². The van der Waals surface area contributed by atoms with Crippen LogP contribution in [0.2, 0.25) is 0 Å². The van der Waals surface area contributed by atoms with E-state index < -0.39 is 0 Å². The van der Waals surface area contributed by atoms with E-state index in [2.05, 4.69) is 62.4 Å². The summed E-state index contributed by atoms with van der Waals surface area (Å²) in [4.78, 5) is 0. The molecule has 0 radical (unpaired) electrons. The monoisotopic (exact) mass is 366 g/mol. The predicted molar refractivity (Wildman–Crippen MR) is 120 cm³/mol. The minimum atomic E-state index is 1.24. The van der Waals surface area contributed by atoms with Gasteiger partial charge in [-0.15, -0.1) is 0 Å². The molecule has 0 nitrogen and oxygen atoms in total. The molecule has 0 heteroatoms. The Labute approximate surface area is 169 Å². The zero-order valence-corrected chi connectivity index (χ0v) is 17.3. The standard InChI is InChI=1S/C28H30/c1-19-11-15-21(16-12-19)27-23-7-3-5-9-25(23)28(22-17-13-20(2)14-18-22)26-10-6-4-8-24(26)27/h11-18H,3-10H2,1-2H3. The molecule has 28 heavy (non-hydrogen) atoms. The van der Waals surface area contributed by atoms with Crippen molar-refractivity contribution in [2.75, 3.05) is 0 Å². The summed E-state index contributed by atoms with van der Waals surface area (Å²) in [5, 5.41) is 0. The minimum absolute atomic E-state index is 1.24. The third kappa shape index (κ3) is 3.00. The lowest BCUT2D eigenvalue weighted by molar-refractivity contribution is 0.662. The van der Waals surface area contributed by atoms with Crippen molar-refractivity contribution in [1.29, 1.82) is 0 Å². The van der Waals surface area contributed by atoms with E-state index in [1.54, 1.807) is 33.4 Å². The highest BCUT2D eigenvalue weighted by Gasteiger charge is 2.27. The maximum absolute atomic E-state index is 2.36. The maximum Gasteiger partial charge on any atom is -0.0114 e. The molecule has 2 aliphatic carbocycles. The summed E-state index contributed by atoms with van der Waals surface area (Å²) in [6.45, 7) is 4.38. The third-order valence-corrected chi connectivity index (χ3v) is 6.82. The SMILES string of the molecule is Cc1ccc(-c2c3c(c(-c4ccc(C)cc4)c4c2CCCC4)CCCC3)cc1. The van der Waals surface area contributed by atoms with Crippen LogP contribution in [0, 0.1) is 13.8 Å². The second-order valence-corrected chi connectivity index (χ2v) is 8.81. The van der Waals surface area contributed by atoms with Gasteiger partial charge in [-0.2, -0.15) is 0 Å². The number of aryl methyl sites for hydroxylation is 2. The molecule has 3 aromatic rings. The van der Waals surface area contributed by atoms with Crippen molar-refractivity contribution in [3.63, 3.8) is 0 Å². The molecule has 0 N–H and O–H groups in total. The van der Waals surface area contributed by atoms with Crippen LogP contribution in [-0.2, 0) is 25.7 Å². The van der Waals surface area contributed by atoms with E-state index in [-0.39, 0.29) is 0 Å². The van der Waals surface area contributed by atoms with Crippen molar-refractivity contribution in [3.05, 3.63) is 81.9 Å². The number of fused-ring (bicyclic) bond motifs is 2. The lowest BCUT2D eigenvalue weighted by Crippen LogP contribution is -2.15.